The van der Waals surface area contributed by atoms with Crippen LogP contribution in [0.2, 0.25) is 0 Å². The lowest BCUT2D eigenvalue weighted by Crippen LogP contribution is -2.43. The lowest BCUT2D eigenvalue weighted by Gasteiger charge is -2.41. The second-order valence-electron chi connectivity index (χ2n) is 7.37. The van der Waals surface area contributed by atoms with Gasteiger partial charge in [-0.25, -0.2) is 0 Å². The number of halogens is 1. The predicted octanol–water partition coefficient (Wildman–Crippen LogP) is 4.47. The minimum absolute atomic E-state index is 0. The molecule has 0 N–H and O–H groups in total. The molecule has 3 aromatic rings. The van der Waals surface area contributed by atoms with Gasteiger partial charge in [-0.05, 0) is 62.4 Å². The number of hydrogen-bond donors (Lipinski definition) is 0. The molecule has 0 radical (unpaired) electrons. The van der Waals surface area contributed by atoms with E-state index in [9.17, 15) is 0 Å². The number of thiophene rings is 1. The summed E-state index contributed by atoms with van der Waals surface area (Å²) in [6.07, 6.45) is 10.7. The van der Waals surface area contributed by atoms with Crippen LogP contribution in [-0.2, 0) is 25.4 Å². The summed E-state index contributed by atoms with van der Waals surface area (Å²) in [4.78, 5) is 8.80. The summed E-state index contributed by atoms with van der Waals surface area (Å²) in [5.74, 6) is 0. The van der Waals surface area contributed by atoms with Gasteiger partial charge in [0.2, 0.25) is 0 Å². The van der Waals surface area contributed by atoms with Crippen molar-refractivity contribution >= 4 is 23.7 Å². The Balaban J connectivity index is 0.00000210. The Kier molecular flexibility index (Phi) is 6.68. The van der Waals surface area contributed by atoms with Crippen LogP contribution in [0.5, 0.6) is 0 Å². The molecule has 3 aromatic heterocycles. The van der Waals surface area contributed by atoms with Crippen molar-refractivity contribution in [2.24, 2.45) is 7.05 Å². The molecule has 1 fully saturated rings. The van der Waals surface area contributed by atoms with Gasteiger partial charge >= 0.3 is 0 Å². The number of piperidine rings is 1. The van der Waals surface area contributed by atoms with Crippen LogP contribution < -0.4 is 0 Å². The molecule has 6 heteroatoms. The molecule has 0 atom stereocenters. The van der Waals surface area contributed by atoms with Gasteiger partial charge in [-0.15, -0.1) is 23.7 Å². The summed E-state index contributed by atoms with van der Waals surface area (Å²) < 4.78 is 1.89. The normalized spacial score (nSPS) is 16.8. The van der Waals surface area contributed by atoms with Crippen molar-refractivity contribution in [3.05, 3.63) is 70.4 Å². The predicted molar refractivity (Wildman–Crippen MR) is 114 cm³/mol. The molecule has 1 aliphatic heterocycles. The van der Waals surface area contributed by atoms with E-state index in [4.69, 9.17) is 4.98 Å². The van der Waals surface area contributed by atoms with E-state index in [1.807, 2.05) is 41.5 Å². The SMILES string of the molecule is Cl.Cn1cc(CN2CCC(CCc3cccs3)(c3ccccn3)CC2)cn1. The van der Waals surface area contributed by atoms with Gasteiger partial charge in [0.05, 0.1) is 6.20 Å². The van der Waals surface area contributed by atoms with Crippen molar-refractivity contribution < 1.29 is 0 Å². The molecule has 0 unspecified atom stereocenters. The minimum Gasteiger partial charge on any atom is -0.299 e. The van der Waals surface area contributed by atoms with Gasteiger partial charge in [0, 0.05) is 47.5 Å². The first-order valence-electron chi connectivity index (χ1n) is 9.37. The molecule has 27 heavy (non-hydrogen) atoms. The fourth-order valence-corrected chi connectivity index (χ4v) is 4.79. The molecule has 144 valence electrons. The highest BCUT2D eigenvalue weighted by Gasteiger charge is 2.37. The van der Waals surface area contributed by atoms with Crippen LogP contribution >= 0.6 is 23.7 Å². The number of likely N-dealkylation sites (tertiary alicyclic amines) is 1. The first-order chi connectivity index (χ1) is 12.7. The van der Waals surface area contributed by atoms with Crippen molar-refractivity contribution in [1.29, 1.82) is 0 Å². The second-order valence-corrected chi connectivity index (χ2v) is 8.41. The van der Waals surface area contributed by atoms with E-state index in [0.29, 0.717) is 0 Å². The smallest absolute Gasteiger partial charge is 0.0534 e. The summed E-state index contributed by atoms with van der Waals surface area (Å²) in [5, 5.41) is 6.48. The fraction of sp³-hybridized carbons (Fsp3) is 0.429. The van der Waals surface area contributed by atoms with Crippen LogP contribution in [0.25, 0.3) is 0 Å². The molecule has 0 spiro atoms. The van der Waals surface area contributed by atoms with Gasteiger partial charge in [-0.1, -0.05) is 12.1 Å². The zero-order chi connectivity index (χ0) is 17.8. The fourth-order valence-electron chi connectivity index (χ4n) is 4.08. The molecule has 0 amide bonds. The van der Waals surface area contributed by atoms with Crippen LogP contribution in [-0.4, -0.2) is 32.8 Å². The first kappa shape index (κ1) is 20.1. The molecule has 1 aliphatic rings. The van der Waals surface area contributed by atoms with Gasteiger partial charge < -0.3 is 0 Å². The largest absolute Gasteiger partial charge is 0.299 e. The Morgan fingerprint density at radius 3 is 2.63 bits per heavy atom. The quantitative estimate of drug-likeness (QED) is 0.610. The summed E-state index contributed by atoms with van der Waals surface area (Å²) in [7, 11) is 1.98. The van der Waals surface area contributed by atoms with Crippen molar-refractivity contribution in [3.63, 3.8) is 0 Å². The molecule has 4 heterocycles. The Labute approximate surface area is 171 Å². The maximum absolute atomic E-state index is 4.76. The van der Waals surface area contributed by atoms with Crippen molar-refractivity contribution in [2.75, 3.05) is 13.1 Å². The summed E-state index contributed by atoms with van der Waals surface area (Å²) in [6, 6.07) is 10.8. The van der Waals surface area contributed by atoms with Crippen molar-refractivity contribution in [1.82, 2.24) is 19.7 Å². The van der Waals surface area contributed by atoms with Gasteiger partial charge in [0.1, 0.15) is 0 Å². The summed E-state index contributed by atoms with van der Waals surface area (Å²) >= 11 is 1.87. The lowest BCUT2D eigenvalue weighted by atomic mass is 9.72. The molecule has 4 nitrogen and oxygen atoms in total. The number of aromatic nitrogens is 3. The monoisotopic (exact) mass is 402 g/mol. The van der Waals surface area contributed by atoms with Gasteiger partial charge in [-0.3, -0.25) is 14.6 Å². The highest BCUT2D eigenvalue weighted by atomic mass is 35.5. The average molecular weight is 403 g/mol. The Morgan fingerprint density at radius 2 is 2.00 bits per heavy atom. The zero-order valence-corrected chi connectivity index (χ0v) is 17.4. The van der Waals surface area contributed by atoms with Crippen LogP contribution in [0.15, 0.2) is 54.3 Å². The van der Waals surface area contributed by atoms with E-state index in [-0.39, 0.29) is 17.8 Å². The lowest BCUT2D eigenvalue weighted by molar-refractivity contribution is 0.143. The number of nitrogens with zero attached hydrogens (tertiary/aromatic N) is 4. The van der Waals surface area contributed by atoms with Crippen molar-refractivity contribution in [2.45, 2.75) is 37.6 Å². The van der Waals surface area contributed by atoms with E-state index in [1.54, 1.807) is 0 Å². The molecule has 0 aromatic carbocycles. The molecule has 0 saturated carbocycles. The molecule has 0 bridgehead atoms. The Morgan fingerprint density at radius 1 is 1.15 bits per heavy atom. The van der Waals surface area contributed by atoms with E-state index < -0.39 is 0 Å². The van der Waals surface area contributed by atoms with E-state index in [1.165, 1.54) is 35.4 Å². The van der Waals surface area contributed by atoms with Crippen LogP contribution in [0.4, 0.5) is 0 Å². The van der Waals surface area contributed by atoms with E-state index in [2.05, 4.69) is 45.8 Å². The van der Waals surface area contributed by atoms with Gasteiger partial charge in [0.25, 0.3) is 0 Å². The highest BCUT2D eigenvalue weighted by Crippen LogP contribution is 2.39. The topological polar surface area (TPSA) is 34.0 Å². The van der Waals surface area contributed by atoms with Crippen LogP contribution in [0, 0.1) is 0 Å². The minimum atomic E-state index is 0. The third-order valence-corrected chi connectivity index (χ3v) is 6.55. The Hall–Kier alpha value is -1.69. The number of hydrogen-bond acceptors (Lipinski definition) is 4. The average Bonchev–Trinajstić information content (AvgIpc) is 3.34. The van der Waals surface area contributed by atoms with E-state index >= 15 is 0 Å². The third kappa shape index (κ3) is 4.78. The standard InChI is InChI=1S/C21H26N4S.ClH/c1-24-16-18(15-23-24)17-25-12-9-21(10-13-25,20-6-2-3-11-22-20)8-7-19-5-4-14-26-19;/h2-6,11,14-16H,7-10,12-13,17H2,1H3;1H. The third-order valence-electron chi connectivity index (χ3n) is 5.62. The van der Waals surface area contributed by atoms with Crippen LogP contribution in [0.3, 0.4) is 0 Å². The summed E-state index contributed by atoms with van der Waals surface area (Å²) in [6.45, 7) is 3.24. The highest BCUT2D eigenvalue weighted by molar-refractivity contribution is 7.09. The maximum Gasteiger partial charge on any atom is 0.0534 e. The Bertz CT molecular complexity index is 808. The molecule has 1 saturated heterocycles. The number of aryl methyl sites for hydroxylation is 2. The molecular formula is C21H27ClN4S. The first-order valence-corrected chi connectivity index (χ1v) is 10.3. The van der Waals surface area contributed by atoms with Gasteiger partial charge in [-0.2, -0.15) is 5.10 Å². The molecule has 4 rings (SSSR count). The molecule has 0 aliphatic carbocycles. The summed E-state index contributed by atoms with van der Waals surface area (Å²) in [5.41, 5.74) is 2.78. The van der Waals surface area contributed by atoms with Crippen molar-refractivity contribution in [3.8, 4) is 0 Å². The second kappa shape index (κ2) is 9.00. The number of pyridine rings is 1. The maximum atomic E-state index is 4.76. The van der Waals surface area contributed by atoms with E-state index in [0.717, 1.165) is 26.1 Å². The molecular weight excluding hydrogens is 376 g/mol. The van der Waals surface area contributed by atoms with Gasteiger partial charge in [0.15, 0.2) is 0 Å². The number of rotatable bonds is 6. The van der Waals surface area contributed by atoms with Crippen LogP contribution in [0.1, 0.15) is 35.4 Å². The zero-order valence-electron chi connectivity index (χ0n) is 15.8.